The van der Waals surface area contributed by atoms with Crippen LogP contribution in [0.3, 0.4) is 0 Å². The highest BCUT2D eigenvalue weighted by atomic mass is 79.9. The number of benzene rings is 2. The van der Waals surface area contributed by atoms with Gasteiger partial charge in [0.1, 0.15) is 12.1 Å². The number of methoxy groups -OCH3 is 1. The van der Waals surface area contributed by atoms with E-state index in [1.807, 2.05) is 24.3 Å². The lowest BCUT2D eigenvalue weighted by atomic mass is 10.1. The summed E-state index contributed by atoms with van der Waals surface area (Å²) in [5.41, 5.74) is 2.74. The van der Waals surface area contributed by atoms with Crippen molar-refractivity contribution in [3.63, 3.8) is 0 Å². The highest BCUT2D eigenvalue weighted by Crippen LogP contribution is 2.30. The van der Waals surface area contributed by atoms with Gasteiger partial charge in [-0.05, 0) is 17.2 Å². The number of esters is 1. The Balaban J connectivity index is 1.40. The third-order valence-electron chi connectivity index (χ3n) is 5.73. The van der Waals surface area contributed by atoms with E-state index in [0.717, 1.165) is 15.6 Å². The molecule has 0 radical (unpaired) electrons. The first-order chi connectivity index (χ1) is 15.0. The van der Waals surface area contributed by atoms with Crippen LogP contribution in [0.5, 0.6) is 0 Å². The largest absolute Gasteiger partial charge is 0.468 e. The van der Waals surface area contributed by atoms with Crippen LogP contribution in [0.15, 0.2) is 53.0 Å². The molecule has 0 unspecified atom stereocenters. The fourth-order valence-corrected chi connectivity index (χ4v) is 4.66. The molecule has 7 nitrogen and oxygen atoms in total. The van der Waals surface area contributed by atoms with Gasteiger partial charge in [-0.15, -0.1) is 0 Å². The number of nitrogens with zero attached hydrogens (tertiary/aromatic N) is 2. The lowest BCUT2D eigenvalue weighted by molar-refractivity contribution is -0.145. The van der Waals surface area contributed by atoms with Crippen molar-refractivity contribution in [2.24, 2.45) is 0 Å². The lowest BCUT2D eigenvalue weighted by Gasteiger charge is -2.21. The van der Waals surface area contributed by atoms with Gasteiger partial charge in [0.2, 0.25) is 0 Å². The van der Waals surface area contributed by atoms with Gasteiger partial charge in [-0.2, -0.15) is 0 Å². The summed E-state index contributed by atoms with van der Waals surface area (Å²) in [6, 6.07) is 14.2. The maximum Gasteiger partial charge on any atom is 0.410 e. The van der Waals surface area contributed by atoms with Gasteiger partial charge in [0.25, 0.3) is 0 Å². The zero-order valence-electron chi connectivity index (χ0n) is 17.1. The van der Waals surface area contributed by atoms with Gasteiger partial charge in [-0.3, -0.25) is 19.4 Å². The van der Waals surface area contributed by atoms with Crippen molar-refractivity contribution < 1.29 is 23.9 Å². The van der Waals surface area contributed by atoms with E-state index in [1.54, 1.807) is 34.1 Å². The van der Waals surface area contributed by atoms with E-state index < -0.39 is 24.2 Å². The Kier molecular flexibility index (Phi) is 6.38. The van der Waals surface area contributed by atoms with Gasteiger partial charge < -0.3 is 9.47 Å². The van der Waals surface area contributed by atoms with E-state index in [4.69, 9.17) is 9.47 Å². The van der Waals surface area contributed by atoms with Gasteiger partial charge in [0.15, 0.2) is 5.78 Å². The molecule has 0 spiro atoms. The second-order valence-electron chi connectivity index (χ2n) is 7.73. The fourth-order valence-electron chi connectivity index (χ4n) is 4.13. The number of hydrogen-bond acceptors (Lipinski definition) is 6. The smallest absolute Gasteiger partial charge is 0.410 e. The number of likely N-dealkylation sites (tertiary alicyclic amines) is 1. The molecule has 2 heterocycles. The second kappa shape index (κ2) is 9.20. The molecule has 1 saturated heterocycles. The van der Waals surface area contributed by atoms with E-state index in [2.05, 4.69) is 15.9 Å². The van der Waals surface area contributed by atoms with Crippen molar-refractivity contribution >= 4 is 33.8 Å². The van der Waals surface area contributed by atoms with Gasteiger partial charge in [-0.25, -0.2) is 4.79 Å². The standard InChI is InChI=1S/C23H23BrN2O5/c1-30-22(28)20-10-17(12-25(20)14-21(27)15-6-3-2-4-7-15)31-23(29)26-11-16-8-5-9-19(24)18(16)13-26/h2-9,17,20H,10-14H2,1H3/t17-,20+/m1/s1. The van der Waals surface area contributed by atoms with Gasteiger partial charge >= 0.3 is 12.1 Å². The van der Waals surface area contributed by atoms with E-state index in [9.17, 15) is 14.4 Å². The van der Waals surface area contributed by atoms with Crippen LogP contribution in [0.1, 0.15) is 27.9 Å². The fraction of sp³-hybridized carbons (Fsp3) is 0.348. The predicted molar refractivity (Wildman–Crippen MR) is 116 cm³/mol. The monoisotopic (exact) mass is 486 g/mol. The molecule has 0 aromatic heterocycles. The van der Waals surface area contributed by atoms with Crippen LogP contribution in [0, 0.1) is 0 Å². The predicted octanol–water partition coefficient (Wildman–Crippen LogP) is 3.40. The van der Waals surface area contributed by atoms with Gasteiger partial charge in [0.05, 0.1) is 20.2 Å². The van der Waals surface area contributed by atoms with Crippen molar-refractivity contribution in [1.29, 1.82) is 0 Å². The minimum absolute atomic E-state index is 0.0555. The normalized spacial score (nSPS) is 20.4. The number of ketones is 1. The Morgan fingerprint density at radius 1 is 1.06 bits per heavy atom. The molecule has 2 aliphatic heterocycles. The minimum Gasteiger partial charge on any atom is -0.468 e. The van der Waals surface area contributed by atoms with Crippen LogP contribution in [-0.2, 0) is 27.4 Å². The average Bonchev–Trinajstić information content (AvgIpc) is 3.39. The van der Waals surface area contributed by atoms with E-state index >= 15 is 0 Å². The molecule has 0 N–H and O–H groups in total. The number of fused-ring (bicyclic) bond motifs is 1. The van der Waals surface area contributed by atoms with Crippen molar-refractivity contribution in [1.82, 2.24) is 9.80 Å². The average molecular weight is 487 g/mol. The first-order valence-electron chi connectivity index (χ1n) is 10.1. The van der Waals surface area contributed by atoms with Crippen LogP contribution >= 0.6 is 15.9 Å². The SMILES string of the molecule is COC(=O)[C@@H]1C[C@@H](OC(=O)N2Cc3cccc(Br)c3C2)CN1CC(=O)c1ccccc1. The summed E-state index contributed by atoms with van der Waals surface area (Å²) in [6.07, 6.45) is -0.620. The van der Waals surface area contributed by atoms with E-state index in [1.165, 1.54) is 7.11 Å². The number of hydrogen-bond donors (Lipinski definition) is 0. The Bertz CT molecular complexity index is 997. The number of Topliss-reactive ketones (excluding diaryl/α,β-unsaturated/α-hetero) is 1. The zero-order chi connectivity index (χ0) is 22.0. The molecule has 0 aliphatic carbocycles. The summed E-state index contributed by atoms with van der Waals surface area (Å²) < 4.78 is 11.6. The zero-order valence-corrected chi connectivity index (χ0v) is 18.7. The van der Waals surface area contributed by atoms with E-state index in [0.29, 0.717) is 31.6 Å². The quantitative estimate of drug-likeness (QED) is 0.476. The van der Waals surface area contributed by atoms with Gasteiger partial charge in [-0.1, -0.05) is 58.4 Å². The molecule has 4 rings (SSSR count). The molecule has 2 aliphatic rings. The van der Waals surface area contributed by atoms with Crippen LogP contribution in [-0.4, -0.2) is 60.0 Å². The molecule has 31 heavy (non-hydrogen) atoms. The summed E-state index contributed by atoms with van der Waals surface area (Å²) >= 11 is 3.52. The molecule has 1 amide bonds. The maximum absolute atomic E-state index is 12.8. The van der Waals surface area contributed by atoms with Crippen molar-refractivity contribution in [3.05, 3.63) is 69.7 Å². The molecule has 1 fully saturated rings. The van der Waals surface area contributed by atoms with Crippen LogP contribution in [0.25, 0.3) is 0 Å². The summed E-state index contributed by atoms with van der Waals surface area (Å²) in [7, 11) is 1.32. The molecule has 2 aromatic carbocycles. The number of rotatable bonds is 5. The number of amides is 1. The highest BCUT2D eigenvalue weighted by molar-refractivity contribution is 9.10. The molecular weight excluding hydrogens is 464 g/mol. The third-order valence-corrected chi connectivity index (χ3v) is 6.48. The first kappa shape index (κ1) is 21.5. The van der Waals surface area contributed by atoms with Crippen LogP contribution in [0.4, 0.5) is 4.79 Å². The van der Waals surface area contributed by atoms with Crippen molar-refractivity contribution in [2.45, 2.75) is 31.7 Å². The Morgan fingerprint density at radius 2 is 1.84 bits per heavy atom. The summed E-state index contributed by atoms with van der Waals surface area (Å²) in [4.78, 5) is 41.1. The molecule has 2 aromatic rings. The molecule has 8 heteroatoms. The highest BCUT2D eigenvalue weighted by Gasteiger charge is 2.41. The molecule has 162 valence electrons. The minimum atomic E-state index is -0.625. The molecule has 0 saturated carbocycles. The summed E-state index contributed by atoms with van der Waals surface area (Å²) in [5.74, 6) is -0.529. The first-order valence-corrected chi connectivity index (χ1v) is 10.9. The molecule has 0 bridgehead atoms. The second-order valence-corrected chi connectivity index (χ2v) is 8.59. The summed E-state index contributed by atoms with van der Waals surface area (Å²) in [5, 5.41) is 0. The summed E-state index contributed by atoms with van der Waals surface area (Å²) in [6.45, 7) is 1.31. The Hall–Kier alpha value is -2.71. The number of carbonyl (C=O) groups excluding carboxylic acids is 3. The molecular formula is C23H23BrN2O5. The van der Waals surface area contributed by atoms with Crippen LogP contribution in [0.2, 0.25) is 0 Å². The Morgan fingerprint density at radius 3 is 2.55 bits per heavy atom. The maximum atomic E-state index is 12.8. The lowest BCUT2D eigenvalue weighted by Crippen LogP contribution is -2.40. The van der Waals surface area contributed by atoms with Crippen LogP contribution < -0.4 is 0 Å². The number of ether oxygens (including phenoxy) is 2. The Labute approximate surface area is 189 Å². The van der Waals surface area contributed by atoms with Gasteiger partial charge in [0, 0.05) is 29.5 Å². The third kappa shape index (κ3) is 4.65. The topological polar surface area (TPSA) is 76.2 Å². The van der Waals surface area contributed by atoms with Crippen molar-refractivity contribution in [3.8, 4) is 0 Å². The molecule has 2 atom stereocenters. The number of carbonyl (C=O) groups is 3. The van der Waals surface area contributed by atoms with Crippen molar-refractivity contribution in [2.75, 3.05) is 20.2 Å². The van der Waals surface area contributed by atoms with E-state index in [-0.39, 0.29) is 12.3 Å². The number of halogens is 1.